The highest BCUT2D eigenvalue weighted by Crippen LogP contribution is 2.29. The van der Waals surface area contributed by atoms with Crippen LogP contribution in [0.5, 0.6) is 5.75 Å². The Bertz CT molecular complexity index is 947. The van der Waals surface area contributed by atoms with Gasteiger partial charge in [-0.15, -0.1) is 0 Å². The third-order valence-corrected chi connectivity index (χ3v) is 6.53. The molecule has 1 aromatic heterocycles. The van der Waals surface area contributed by atoms with Gasteiger partial charge in [0.1, 0.15) is 16.3 Å². The summed E-state index contributed by atoms with van der Waals surface area (Å²) in [4.78, 5) is 14.6. The van der Waals surface area contributed by atoms with Crippen molar-refractivity contribution in [2.75, 3.05) is 26.7 Å². The molecule has 2 N–H and O–H groups in total. The Kier molecular flexibility index (Phi) is 6.04. The molecule has 1 fully saturated rings. The number of sulfonamides is 1. The molecule has 2 heterocycles. The molecule has 1 amide bonds. The Hall–Kier alpha value is -2.39. The summed E-state index contributed by atoms with van der Waals surface area (Å²) in [5, 5.41) is 7.00. The smallest absolute Gasteiger partial charge is 0.271 e. The highest BCUT2D eigenvalue weighted by Gasteiger charge is 2.24. The lowest BCUT2D eigenvalue weighted by Gasteiger charge is -2.29. The Labute approximate surface area is 165 Å². The number of carbonyl (C=O) groups is 1. The molecule has 0 saturated carbocycles. The van der Waals surface area contributed by atoms with E-state index in [1.165, 1.54) is 13.2 Å². The summed E-state index contributed by atoms with van der Waals surface area (Å²) < 4.78 is 32.6. The molecule has 1 saturated heterocycles. The maximum Gasteiger partial charge on any atom is 0.271 e. The summed E-state index contributed by atoms with van der Waals surface area (Å²) in [6.45, 7) is 5.65. The van der Waals surface area contributed by atoms with E-state index in [1.54, 1.807) is 25.1 Å². The minimum atomic E-state index is -3.70. The van der Waals surface area contributed by atoms with Crippen LogP contribution in [0.1, 0.15) is 37.2 Å². The van der Waals surface area contributed by atoms with Gasteiger partial charge < -0.3 is 9.64 Å². The molecule has 9 heteroatoms. The van der Waals surface area contributed by atoms with Crippen molar-refractivity contribution in [3.63, 3.8) is 0 Å². The lowest BCUT2D eigenvalue weighted by molar-refractivity contribution is 0.0691. The van der Waals surface area contributed by atoms with Gasteiger partial charge in [0.05, 0.1) is 12.8 Å². The Morgan fingerprint density at radius 3 is 2.68 bits per heavy atom. The number of carbonyl (C=O) groups excluding carboxylic acids is 1. The van der Waals surface area contributed by atoms with E-state index >= 15 is 0 Å². The summed E-state index contributed by atoms with van der Waals surface area (Å²) in [7, 11) is -2.28. The molecule has 1 aliphatic heterocycles. The first-order chi connectivity index (χ1) is 13.4. The third kappa shape index (κ3) is 4.20. The number of rotatable bonds is 6. The number of H-pyrrole nitrogens is 1. The second kappa shape index (κ2) is 8.32. The van der Waals surface area contributed by atoms with Crippen LogP contribution in [0.3, 0.4) is 0 Å². The summed E-state index contributed by atoms with van der Waals surface area (Å²) in [5.74, 6) is 0.802. The van der Waals surface area contributed by atoms with E-state index in [0.29, 0.717) is 22.9 Å². The number of nitrogens with one attached hydrogen (secondary N) is 2. The van der Waals surface area contributed by atoms with Gasteiger partial charge in [-0.1, -0.05) is 13.8 Å². The number of hydrogen-bond acceptors (Lipinski definition) is 5. The number of ether oxygens (including phenoxy) is 1. The number of likely N-dealkylation sites (tertiary alicyclic amines) is 1. The lowest BCUT2D eigenvalue weighted by Crippen LogP contribution is -2.38. The van der Waals surface area contributed by atoms with Crippen molar-refractivity contribution in [1.29, 1.82) is 0 Å². The van der Waals surface area contributed by atoms with Gasteiger partial charge in [0, 0.05) is 25.2 Å². The van der Waals surface area contributed by atoms with Gasteiger partial charge in [0.25, 0.3) is 5.91 Å². The van der Waals surface area contributed by atoms with Crippen LogP contribution in [0.25, 0.3) is 11.3 Å². The van der Waals surface area contributed by atoms with E-state index in [0.717, 1.165) is 25.9 Å². The number of methoxy groups -OCH3 is 1. The number of aromatic amines is 1. The van der Waals surface area contributed by atoms with Crippen molar-refractivity contribution in [2.45, 2.75) is 31.6 Å². The Morgan fingerprint density at radius 1 is 1.32 bits per heavy atom. The van der Waals surface area contributed by atoms with Crippen molar-refractivity contribution < 1.29 is 17.9 Å². The molecule has 1 aliphatic rings. The molecule has 0 atom stereocenters. The first kappa shape index (κ1) is 20.3. The molecule has 3 rings (SSSR count). The van der Waals surface area contributed by atoms with Crippen LogP contribution in [-0.2, 0) is 10.0 Å². The number of hydrogen-bond donors (Lipinski definition) is 2. The Balaban J connectivity index is 1.88. The molecule has 152 valence electrons. The second-order valence-electron chi connectivity index (χ2n) is 7.01. The fourth-order valence-corrected chi connectivity index (χ4v) is 4.51. The van der Waals surface area contributed by atoms with E-state index in [4.69, 9.17) is 4.74 Å². The lowest BCUT2D eigenvalue weighted by atomic mass is 9.99. The average molecular weight is 407 g/mol. The second-order valence-corrected chi connectivity index (χ2v) is 8.74. The Morgan fingerprint density at radius 2 is 2.04 bits per heavy atom. The molecule has 8 nitrogen and oxygen atoms in total. The van der Waals surface area contributed by atoms with Crippen molar-refractivity contribution in [2.24, 2.45) is 5.92 Å². The van der Waals surface area contributed by atoms with Crippen LogP contribution in [0, 0.1) is 5.92 Å². The van der Waals surface area contributed by atoms with Gasteiger partial charge in [-0.25, -0.2) is 13.1 Å². The minimum absolute atomic E-state index is 0.0373. The topological polar surface area (TPSA) is 104 Å². The fraction of sp³-hybridized carbons (Fsp3) is 0.474. The molecule has 0 spiro atoms. The summed E-state index contributed by atoms with van der Waals surface area (Å²) in [5.41, 5.74) is 1.49. The summed E-state index contributed by atoms with van der Waals surface area (Å²) in [6.07, 6.45) is 1.99. The van der Waals surface area contributed by atoms with Gasteiger partial charge in [0.2, 0.25) is 10.0 Å². The highest BCUT2D eigenvalue weighted by molar-refractivity contribution is 7.89. The number of nitrogens with zero attached hydrogens (tertiary/aromatic N) is 2. The molecule has 0 aliphatic carbocycles. The van der Waals surface area contributed by atoms with E-state index in [9.17, 15) is 13.2 Å². The molecule has 1 aromatic carbocycles. The molecule has 0 bridgehead atoms. The SMILES string of the molecule is CCNS(=O)(=O)c1cc(-c2cc(C(=O)N3CCC(C)CC3)[nH]n2)ccc1OC. The number of aromatic nitrogens is 2. The zero-order valence-corrected chi connectivity index (χ0v) is 17.2. The van der Waals surface area contributed by atoms with Crippen LogP contribution < -0.4 is 9.46 Å². The van der Waals surface area contributed by atoms with Gasteiger partial charge >= 0.3 is 0 Å². The fourth-order valence-electron chi connectivity index (χ4n) is 3.27. The predicted octanol–water partition coefficient (Wildman–Crippen LogP) is 2.26. The molecular weight excluding hydrogens is 380 g/mol. The van der Waals surface area contributed by atoms with Crippen molar-refractivity contribution in [3.8, 4) is 17.0 Å². The maximum atomic E-state index is 12.7. The maximum absolute atomic E-state index is 12.7. The van der Waals surface area contributed by atoms with Gasteiger partial charge in [-0.3, -0.25) is 9.89 Å². The average Bonchev–Trinajstić information content (AvgIpc) is 3.17. The zero-order chi connectivity index (χ0) is 20.3. The highest BCUT2D eigenvalue weighted by atomic mass is 32.2. The summed E-state index contributed by atoms with van der Waals surface area (Å²) in [6, 6.07) is 6.47. The molecule has 0 radical (unpaired) electrons. The van der Waals surface area contributed by atoms with Crippen molar-refractivity contribution >= 4 is 15.9 Å². The number of piperidine rings is 1. The van der Waals surface area contributed by atoms with E-state index < -0.39 is 10.0 Å². The molecule has 28 heavy (non-hydrogen) atoms. The first-order valence-corrected chi connectivity index (χ1v) is 10.9. The predicted molar refractivity (Wildman–Crippen MR) is 106 cm³/mol. The van der Waals surface area contributed by atoms with E-state index in [-0.39, 0.29) is 23.1 Å². The molecule has 0 unspecified atom stereocenters. The largest absolute Gasteiger partial charge is 0.495 e. The standard InChI is InChI=1S/C19H26N4O4S/c1-4-20-28(25,26)18-11-14(5-6-17(18)27-3)15-12-16(22-21-15)19(24)23-9-7-13(2)8-10-23/h5-6,11-13,20H,4,7-10H2,1-3H3,(H,21,22). The normalized spacial score (nSPS) is 15.6. The van der Waals surface area contributed by atoms with Crippen LogP contribution in [0.15, 0.2) is 29.2 Å². The van der Waals surface area contributed by atoms with Crippen molar-refractivity contribution in [3.05, 3.63) is 30.0 Å². The quantitative estimate of drug-likeness (QED) is 0.766. The van der Waals surface area contributed by atoms with Gasteiger partial charge in [-0.2, -0.15) is 5.10 Å². The van der Waals surface area contributed by atoms with Crippen LogP contribution in [-0.4, -0.2) is 56.2 Å². The number of benzene rings is 1. The first-order valence-electron chi connectivity index (χ1n) is 9.38. The minimum Gasteiger partial charge on any atom is -0.495 e. The third-order valence-electron chi connectivity index (χ3n) is 4.96. The monoisotopic (exact) mass is 406 g/mol. The van der Waals surface area contributed by atoms with Crippen LogP contribution >= 0.6 is 0 Å². The van der Waals surface area contributed by atoms with Crippen LogP contribution in [0.2, 0.25) is 0 Å². The van der Waals surface area contributed by atoms with E-state index in [1.807, 2.05) is 4.90 Å². The zero-order valence-electron chi connectivity index (χ0n) is 16.4. The van der Waals surface area contributed by atoms with Crippen LogP contribution in [0.4, 0.5) is 0 Å². The number of amides is 1. The molecule has 2 aromatic rings. The van der Waals surface area contributed by atoms with Gasteiger partial charge in [0.15, 0.2) is 0 Å². The van der Waals surface area contributed by atoms with Crippen molar-refractivity contribution in [1.82, 2.24) is 19.8 Å². The summed E-state index contributed by atoms with van der Waals surface area (Å²) >= 11 is 0. The van der Waals surface area contributed by atoms with Gasteiger partial charge in [-0.05, 0) is 43.0 Å². The molecular formula is C19H26N4O4S. The van der Waals surface area contributed by atoms with E-state index in [2.05, 4.69) is 21.8 Å².